The van der Waals surface area contributed by atoms with Crippen molar-refractivity contribution in [1.29, 1.82) is 0 Å². The third-order valence-corrected chi connectivity index (χ3v) is 5.03. The maximum Gasteiger partial charge on any atom is 0.437 e. The Morgan fingerprint density at radius 1 is 1.19 bits per heavy atom. The predicted molar refractivity (Wildman–Crippen MR) is 106 cm³/mol. The summed E-state index contributed by atoms with van der Waals surface area (Å²) in [6, 6.07) is 16.7. The molecular formula is C19H16ClN3O2S. The topological polar surface area (TPSA) is 63.6 Å². The van der Waals surface area contributed by atoms with Crippen molar-refractivity contribution in [3.8, 4) is 10.6 Å². The highest BCUT2D eigenvalue weighted by molar-refractivity contribution is 7.17. The van der Waals surface area contributed by atoms with E-state index in [4.69, 9.17) is 16.4 Å². The van der Waals surface area contributed by atoms with Gasteiger partial charge >= 0.3 is 6.09 Å². The zero-order valence-corrected chi connectivity index (χ0v) is 15.8. The number of hydrogen-bond donors (Lipinski definition) is 1. The maximum atomic E-state index is 11.9. The van der Waals surface area contributed by atoms with E-state index in [0.717, 1.165) is 21.1 Å². The molecule has 3 rings (SSSR count). The van der Waals surface area contributed by atoms with Gasteiger partial charge in [0.05, 0.1) is 16.3 Å². The molecule has 0 aliphatic rings. The van der Waals surface area contributed by atoms with E-state index in [2.05, 4.69) is 15.5 Å². The Labute approximate surface area is 160 Å². The molecule has 1 aromatic heterocycles. The summed E-state index contributed by atoms with van der Waals surface area (Å²) in [6.07, 6.45) is -0.683. The number of aromatic nitrogens is 1. The van der Waals surface area contributed by atoms with Crippen LogP contribution in [0.3, 0.4) is 0 Å². The van der Waals surface area contributed by atoms with E-state index in [0.29, 0.717) is 16.4 Å². The first-order valence-corrected chi connectivity index (χ1v) is 9.04. The number of carbonyl (C=O) groups excluding carboxylic acids is 1. The fourth-order valence-electron chi connectivity index (χ4n) is 2.29. The van der Waals surface area contributed by atoms with Crippen LogP contribution in [0.5, 0.6) is 0 Å². The number of benzene rings is 2. The number of amides is 1. The zero-order chi connectivity index (χ0) is 18.5. The largest absolute Gasteiger partial charge is 0.437 e. The van der Waals surface area contributed by atoms with E-state index < -0.39 is 6.09 Å². The van der Waals surface area contributed by atoms with Crippen molar-refractivity contribution >= 4 is 40.4 Å². The molecule has 0 saturated carbocycles. The van der Waals surface area contributed by atoms with E-state index in [-0.39, 0.29) is 0 Å². The SMILES string of the molecule is CC(=NOC(=O)Nc1cccc(Cl)c1)c1sc(-c2ccccc2)nc1C. The van der Waals surface area contributed by atoms with Gasteiger partial charge in [0.25, 0.3) is 0 Å². The second-order valence-electron chi connectivity index (χ2n) is 5.49. The number of rotatable bonds is 4. The van der Waals surface area contributed by atoms with Crippen LogP contribution in [-0.4, -0.2) is 16.8 Å². The van der Waals surface area contributed by atoms with Crippen LogP contribution in [-0.2, 0) is 4.84 Å². The van der Waals surface area contributed by atoms with Crippen LogP contribution in [0.15, 0.2) is 59.8 Å². The molecule has 7 heteroatoms. The Balaban J connectivity index is 1.70. The third kappa shape index (κ3) is 4.47. The van der Waals surface area contributed by atoms with Gasteiger partial charge in [-0.15, -0.1) is 11.3 Å². The number of nitrogens with one attached hydrogen (secondary N) is 1. The number of carbonyl (C=O) groups is 1. The summed E-state index contributed by atoms with van der Waals surface area (Å²) < 4.78 is 0. The molecule has 1 heterocycles. The normalized spacial score (nSPS) is 11.3. The first-order valence-electron chi connectivity index (χ1n) is 7.84. The summed E-state index contributed by atoms with van der Waals surface area (Å²) in [5.74, 6) is 0. The van der Waals surface area contributed by atoms with Crippen molar-refractivity contribution in [2.45, 2.75) is 13.8 Å². The highest BCUT2D eigenvalue weighted by Gasteiger charge is 2.13. The molecule has 0 fully saturated rings. The van der Waals surface area contributed by atoms with Gasteiger partial charge in [-0.25, -0.2) is 9.78 Å². The Morgan fingerprint density at radius 2 is 1.96 bits per heavy atom. The van der Waals surface area contributed by atoms with Gasteiger partial charge in [-0.2, -0.15) is 0 Å². The summed E-state index contributed by atoms with van der Waals surface area (Å²) in [4.78, 5) is 22.3. The number of aryl methyl sites for hydroxylation is 1. The van der Waals surface area contributed by atoms with Crippen LogP contribution < -0.4 is 5.32 Å². The highest BCUT2D eigenvalue weighted by Crippen LogP contribution is 2.28. The molecule has 0 unspecified atom stereocenters. The van der Waals surface area contributed by atoms with Crippen LogP contribution in [0.4, 0.5) is 10.5 Å². The number of thiazole rings is 1. The Morgan fingerprint density at radius 3 is 2.69 bits per heavy atom. The Bertz CT molecular complexity index is 954. The molecule has 0 bridgehead atoms. The second kappa shape index (κ2) is 8.12. The summed E-state index contributed by atoms with van der Waals surface area (Å²) in [7, 11) is 0. The number of hydrogen-bond acceptors (Lipinski definition) is 5. The molecule has 132 valence electrons. The van der Waals surface area contributed by atoms with Crippen LogP contribution in [0.25, 0.3) is 10.6 Å². The minimum Gasteiger partial charge on any atom is -0.297 e. The van der Waals surface area contributed by atoms with E-state index in [1.807, 2.05) is 37.3 Å². The average Bonchev–Trinajstić information content (AvgIpc) is 3.02. The molecule has 0 spiro atoms. The molecule has 5 nitrogen and oxygen atoms in total. The van der Waals surface area contributed by atoms with Gasteiger partial charge in [-0.1, -0.05) is 53.2 Å². The van der Waals surface area contributed by atoms with Gasteiger partial charge in [-0.05, 0) is 32.0 Å². The van der Waals surface area contributed by atoms with Gasteiger partial charge in [-0.3, -0.25) is 10.2 Å². The molecule has 26 heavy (non-hydrogen) atoms. The fourth-order valence-corrected chi connectivity index (χ4v) is 3.49. The summed E-state index contributed by atoms with van der Waals surface area (Å²) in [6.45, 7) is 3.69. The van der Waals surface area contributed by atoms with Crippen molar-refractivity contribution in [3.63, 3.8) is 0 Å². The smallest absolute Gasteiger partial charge is 0.297 e. The van der Waals surface area contributed by atoms with Crippen LogP contribution in [0.1, 0.15) is 17.5 Å². The zero-order valence-electron chi connectivity index (χ0n) is 14.2. The van der Waals surface area contributed by atoms with Gasteiger partial charge in [0, 0.05) is 16.3 Å². The first kappa shape index (κ1) is 18.1. The lowest BCUT2D eigenvalue weighted by Crippen LogP contribution is -2.11. The third-order valence-electron chi connectivity index (χ3n) is 3.48. The lowest BCUT2D eigenvalue weighted by atomic mass is 10.2. The molecule has 0 aliphatic carbocycles. The highest BCUT2D eigenvalue weighted by atomic mass is 35.5. The van der Waals surface area contributed by atoms with Crippen LogP contribution in [0.2, 0.25) is 5.02 Å². The van der Waals surface area contributed by atoms with E-state index in [1.54, 1.807) is 31.2 Å². The molecule has 0 radical (unpaired) electrons. The van der Waals surface area contributed by atoms with Crippen LogP contribution >= 0.6 is 22.9 Å². The lowest BCUT2D eigenvalue weighted by molar-refractivity contribution is 0.166. The van der Waals surface area contributed by atoms with Crippen molar-refractivity contribution in [2.75, 3.05) is 5.32 Å². The van der Waals surface area contributed by atoms with Gasteiger partial charge in [0.15, 0.2) is 0 Å². The predicted octanol–water partition coefficient (Wildman–Crippen LogP) is 5.74. The molecule has 2 aromatic carbocycles. The summed E-state index contributed by atoms with van der Waals surface area (Å²) in [5, 5.41) is 7.92. The maximum absolute atomic E-state index is 11.9. The molecule has 0 atom stereocenters. The minimum atomic E-state index is -0.683. The molecule has 1 amide bonds. The molecule has 0 saturated heterocycles. The Hall–Kier alpha value is -2.70. The van der Waals surface area contributed by atoms with E-state index in [1.165, 1.54) is 11.3 Å². The van der Waals surface area contributed by atoms with E-state index >= 15 is 0 Å². The molecule has 0 aliphatic heterocycles. The van der Waals surface area contributed by atoms with Crippen molar-refractivity contribution in [2.24, 2.45) is 5.16 Å². The summed E-state index contributed by atoms with van der Waals surface area (Å²) >= 11 is 7.39. The summed E-state index contributed by atoms with van der Waals surface area (Å²) in [5.41, 5.74) is 3.01. The van der Waals surface area contributed by atoms with Crippen molar-refractivity contribution < 1.29 is 9.63 Å². The lowest BCUT2D eigenvalue weighted by Gasteiger charge is -2.03. The van der Waals surface area contributed by atoms with Crippen molar-refractivity contribution in [3.05, 3.63) is 70.2 Å². The molecule has 3 aromatic rings. The molecule has 1 N–H and O–H groups in total. The van der Waals surface area contributed by atoms with Gasteiger partial charge in [0.1, 0.15) is 5.01 Å². The number of oxime groups is 1. The Kier molecular flexibility index (Phi) is 5.65. The number of nitrogens with zero attached hydrogens (tertiary/aromatic N) is 2. The quantitative estimate of drug-likeness (QED) is 0.353. The number of anilines is 1. The van der Waals surface area contributed by atoms with E-state index in [9.17, 15) is 4.79 Å². The van der Waals surface area contributed by atoms with Gasteiger partial charge in [0.2, 0.25) is 0 Å². The standard InChI is InChI=1S/C19H16ClN3O2S/c1-12-17(26-18(21-12)14-7-4-3-5-8-14)13(2)23-25-19(24)22-16-10-6-9-15(20)11-16/h3-11H,1-2H3,(H,22,24). The average molecular weight is 386 g/mol. The monoisotopic (exact) mass is 385 g/mol. The molecular weight excluding hydrogens is 370 g/mol. The second-order valence-corrected chi connectivity index (χ2v) is 6.93. The first-order chi connectivity index (χ1) is 12.5. The minimum absolute atomic E-state index is 0.524. The number of halogens is 1. The van der Waals surface area contributed by atoms with Crippen molar-refractivity contribution in [1.82, 2.24) is 4.98 Å². The van der Waals surface area contributed by atoms with Gasteiger partial charge < -0.3 is 0 Å². The fraction of sp³-hybridized carbons (Fsp3) is 0.105. The van der Waals surface area contributed by atoms with Crippen LogP contribution in [0, 0.1) is 6.92 Å².